The van der Waals surface area contributed by atoms with Gasteiger partial charge in [-0.2, -0.15) is 0 Å². The molecule has 0 fully saturated rings. The standard InChI is InChI=1S/C39H36N4O8S2/c1-4-19-48-35(44)24-7-12-28(13-8-24)50-37(46)31(38(47)51-29-14-9-25(10-15-29)36(45)49-20-5-2)22-30-23-33-34(52-30)40-39(53-33)42-41-27-11-16-32-26(21-27)17-18-43(32)6-3/h7-16,21-23H,4-6,17-20H2,1-3H3/b42-41+. The van der Waals surface area contributed by atoms with Crippen LogP contribution in [0.3, 0.4) is 0 Å². The lowest BCUT2D eigenvalue weighted by molar-refractivity contribution is -0.137. The molecule has 0 spiro atoms. The van der Waals surface area contributed by atoms with Crippen LogP contribution in [0.4, 0.5) is 16.5 Å². The largest absolute Gasteiger partial charge is 0.462 e. The molecule has 2 aromatic heterocycles. The number of rotatable bonds is 14. The first-order chi connectivity index (χ1) is 25.7. The summed E-state index contributed by atoms with van der Waals surface area (Å²) in [5.74, 6) is -2.75. The maximum absolute atomic E-state index is 13.5. The zero-order valence-electron chi connectivity index (χ0n) is 29.3. The molecule has 0 amide bonds. The van der Waals surface area contributed by atoms with Crippen molar-refractivity contribution in [3.05, 3.63) is 99.9 Å². The Morgan fingerprint density at radius 2 is 1.38 bits per heavy atom. The first-order valence-corrected chi connectivity index (χ1v) is 18.8. The van der Waals surface area contributed by atoms with Crippen molar-refractivity contribution in [2.24, 2.45) is 10.2 Å². The molecule has 12 nitrogen and oxygen atoms in total. The minimum Gasteiger partial charge on any atom is -0.462 e. The van der Waals surface area contributed by atoms with Gasteiger partial charge in [0.15, 0.2) is 0 Å². The number of likely N-dealkylation sites (N-methyl/N-ethyl adjacent to an activating group) is 1. The molecule has 0 atom stereocenters. The Kier molecular flexibility index (Phi) is 12.0. The van der Waals surface area contributed by atoms with Crippen molar-refractivity contribution in [1.29, 1.82) is 0 Å². The average Bonchev–Trinajstić information content (AvgIpc) is 3.87. The summed E-state index contributed by atoms with van der Waals surface area (Å²) in [4.78, 5) is 59.5. The lowest BCUT2D eigenvalue weighted by atomic mass is 10.1. The normalized spacial score (nSPS) is 12.1. The summed E-state index contributed by atoms with van der Waals surface area (Å²) < 4.78 is 22.2. The zero-order chi connectivity index (χ0) is 37.3. The Labute approximate surface area is 313 Å². The molecule has 3 aromatic carbocycles. The number of ether oxygens (including phenoxy) is 4. The summed E-state index contributed by atoms with van der Waals surface area (Å²) >= 11 is 2.58. The van der Waals surface area contributed by atoms with Crippen molar-refractivity contribution in [3.63, 3.8) is 0 Å². The Morgan fingerprint density at radius 1 is 0.774 bits per heavy atom. The van der Waals surface area contributed by atoms with Crippen LogP contribution in [0.5, 0.6) is 11.5 Å². The second-order valence-corrected chi connectivity index (χ2v) is 13.9. The van der Waals surface area contributed by atoms with E-state index in [9.17, 15) is 19.2 Å². The number of anilines is 1. The number of thiazole rings is 1. The fraction of sp³-hybridized carbons (Fsp3) is 0.256. The lowest BCUT2D eigenvalue weighted by Crippen LogP contribution is -2.22. The van der Waals surface area contributed by atoms with Crippen LogP contribution in [0, 0.1) is 0 Å². The molecule has 3 heterocycles. The van der Waals surface area contributed by atoms with Gasteiger partial charge < -0.3 is 23.8 Å². The van der Waals surface area contributed by atoms with Gasteiger partial charge in [0.1, 0.15) is 21.9 Å². The van der Waals surface area contributed by atoms with Crippen LogP contribution in [0.25, 0.3) is 15.6 Å². The first-order valence-electron chi connectivity index (χ1n) is 17.1. The topological polar surface area (TPSA) is 146 Å². The number of esters is 4. The van der Waals surface area contributed by atoms with Gasteiger partial charge in [-0.25, -0.2) is 24.2 Å². The number of thiophene rings is 1. The third-order valence-corrected chi connectivity index (χ3v) is 9.98. The van der Waals surface area contributed by atoms with Gasteiger partial charge >= 0.3 is 23.9 Å². The number of hydrogen-bond donors (Lipinski definition) is 0. The third-order valence-electron chi connectivity index (χ3n) is 7.99. The van der Waals surface area contributed by atoms with Crippen LogP contribution in [0.1, 0.15) is 64.8 Å². The number of azo groups is 1. The molecular formula is C39H36N4O8S2. The molecule has 0 saturated carbocycles. The number of hydrogen-bond acceptors (Lipinski definition) is 14. The summed E-state index contributed by atoms with van der Waals surface area (Å²) in [6.45, 7) is 8.45. The Morgan fingerprint density at radius 3 is 1.92 bits per heavy atom. The molecule has 53 heavy (non-hydrogen) atoms. The van der Waals surface area contributed by atoms with Crippen molar-refractivity contribution in [2.75, 3.05) is 31.2 Å². The summed E-state index contributed by atoms with van der Waals surface area (Å²) in [6, 6.07) is 19.5. The Hall–Kier alpha value is -5.73. The Balaban J connectivity index is 1.21. The van der Waals surface area contributed by atoms with Crippen molar-refractivity contribution >= 4 is 78.7 Å². The van der Waals surface area contributed by atoms with Crippen molar-refractivity contribution in [2.45, 2.75) is 40.0 Å². The van der Waals surface area contributed by atoms with E-state index in [1.54, 1.807) is 6.07 Å². The SMILES string of the molecule is CCCOC(=O)c1ccc(OC(=O)C(=Cc2cc3sc(/N=N/c4ccc5c(c4)CCN5CC)nc3s2)C(=O)Oc2ccc(C(=O)OCCC)cc2)cc1. The predicted molar refractivity (Wildman–Crippen MR) is 203 cm³/mol. The van der Waals surface area contributed by atoms with E-state index in [0.717, 1.165) is 29.9 Å². The Bertz CT molecular complexity index is 2080. The molecule has 14 heteroatoms. The highest BCUT2D eigenvalue weighted by Crippen LogP contribution is 2.37. The summed E-state index contributed by atoms with van der Waals surface area (Å²) in [6.07, 6.45) is 3.71. The molecule has 0 aliphatic carbocycles. The second-order valence-electron chi connectivity index (χ2n) is 11.8. The minimum atomic E-state index is -0.980. The van der Waals surface area contributed by atoms with E-state index in [-0.39, 0.29) is 35.8 Å². The smallest absolute Gasteiger partial charge is 0.351 e. The van der Waals surface area contributed by atoms with E-state index in [2.05, 4.69) is 39.2 Å². The summed E-state index contributed by atoms with van der Waals surface area (Å²) in [7, 11) is 0. The van der Waals surface area contributed by atoms with Crippen molar-refractivity contribution in [1.82, 2.24) is 4.98 Å². The van der Waals surface area contributed by atoms with Gasteiger partial charge in [-0.15, -0.1) is 21.6 Å². The van der Waals surface area contributed by atoms with E-state index < -0.39 is 29.5 Å². The number of carbonyl (C=O) groups is 4. The number of nitrogens with zero attached hydrogens (tertiary/aromatic N) is 4. The van der Waals surface area contributed by atoms with E-state index in [1.807, 2.05) is 19.9 Å². The minimum absolute atomic E-state index is 0.102. The van der Waals surface area contributed by atoms with Crippen LogP contribution in [0.2, 0.25) is 0 Å². The molecule has 0 saturated heterocycles. The zero-order valence-corrected chi connectivity index (χ0v) is 31.0. The number of carbonyl (C=O) groups excluding carboxylic acids is 4. The molecule has 5 aromatic rings. The fourth-order valence-corrected chi connectivity index (χ4v) is 7.33. The van der Waals surface area contributed by atoms with Crippen LogP contribution < -0.4 is 14.4 Å². The molecular weight excluding hydrogens is 717 g/mol. The molecule has 6 rings (SSSR count). The maximum Gasteiger partial charge on any atom is 0.351 e. The van der Waals surface area contributed by atoms with E-state index in [4.69, 9.17) is 18.9 Å². The molecule has 0 N–H and O–H groups in total. The second kappa shape index (κ2) is 17.2. The first kappa shape index (κ1) is 37.0. The third kappa shape index (κ3) is 9.20. The molecule has 0 radical (unpaired) electrons. The summed E-state index contributed by atoms with van der Waals surface area (Å²) in [5.41, 5.74) is 3.42. The molecule has 1 aliphatic heterocycles. The van der Waals surface area contributed by atoms with Crippen LogP contribution in [-0.2, 0) is 25.5 Å². The van der Waals surface area contributed by atoms with E-state index in [1.165, 1.54) is 88.5 Å². The van der Waals surface area contributed by atoms with Gasteiger partial charge in [0.2, 0.25) is 5.13 Å². The number of benzene rings is 3. The fourth-order valence-electron chi connectivity index (χ4n) is 5.34. The van der Waals surface area contributed by atoms with Gasteiger partial charge in [0.25, 0.3) is 0 Å². The highest BCUT2D eigenvalue weighted by atomic mass is 32.1. The monoisotopic (exact) mass is 752 g/mol. The van der Waals surface area contributed by atoms with Crippen LogP contribution in [-0.4, -0.2) is 55.2 Å². The van der Waals surface area contributed by atoms with E-state index in [0.29, 0.717) is 27.7 Å². The average molecular weight is 753 g/mol. The molecule has 272 valence electrons. The highest BCUT2D eigenvalue weighted by molar-refractivity contribution is 7.29. The lowest BCUT2D eigenvalue weighted by Gasteiger charge is -2.16. The maximum atomic E-state index is 13.5. The molecule has 1 aliphatic rings. The van der Waals surface area contributed by atoms with Crippen LogP contribution >= 0.6 is 22.7 Å². The van der Waals surface area contributed by atoms with Gasteiger partial charge in [-0.05, 0) is 111 Å². The number of aromatic nitrogens is 1. The number of fused-ring (bicyclic) bond motifs is 2. The van der Waals surface area contributed by atoms with Gasteiger partial charge in [-0.1, -0.05) is 25.2 Å². The molecule has 0 unspecified atom stereocenters. The van der Waals surface area contributed by atoms with E-state index >= 15 is 0 Å². The van der Waals surface area contributed by atoms with Gasteiger partial charge in [0.05, 0.1) is 34.7 Å². The quantitative estimate of drug-likeness (QED) is 0.0269. The summed E-state index contributed by atoms with van der Waals surface area (Å²) in [5, 5.41) is 9.24. The highest BCUT2D eigenvalue weighted by Gasteiger charge is 2.25. The van der Waals surface area contributed by atoms with Crippen molar-refractivity contribution < 1.29 is 38.1 Å². The molecule has 0 bridgehead atoms. The van der Waals surface area contributed by atoms with Crippen LogP contribution in [0.15, 0.2) is 88.6 Å². The van der Waals surface area contributed by atoms with Crippen molar-refractivity contribution in [3.8, 4) is 11.5 Å². The van der Waals surface area contributed by atoms with Gasteiger partial charge in [0, 0.05) is 23.7 Å². The van der Waals surface area contributed by atoms with Gasteiger partial charge in [-0.3, -0.25) is 0 Å². The predicted octanol–water partition coefficient (Wildman–Crippen LogP) is 8.88.